The van der Waals surface area contributed by atoms with Crippen molar-refractivity contribution in [3.05, 3.63) is 83.9 Å². The fraction of sp³-hybridized carbons (Fsp3) is 0.214. The Morgan fingerprint density at radius 2 is 1.47 bits per heavy atom. The van der Waals surface area contributed by atoms with E-state index in [1.165, 1.54) is 24.3 Å². The standard InChI is InChI=1S/C28H24F2N4O2/c29-21-9-4-18(5-10-21)26-27(19-6-11-22(30)12-7-19)33-24-17-20(8-13-23(24)32-26)28(36)31-14-2-16-34-15-1-3-25(34)35/h4-13,17H,1-3,14-16H2,(H,31,36). The second-order valence-electron chi connectivity index (χ2n) is 8.73. The molecule has 1 aliphatic heterocycles. The second kappa shape index (κ2) is 10.2. The minimum absolute atomic E-state index is 0.173. The number of halogens is 2. The molecule has 36 heavy (non-hydrogen) atoms. The molecule has 0 saturated carbocycles. The summed E-state index contributed by atoms with van der Waals surface area (Å²) in [5, 5.41) is 2.90. The van der Waals surface area contributed by atoms with Gasteiger partial charge in [-0.25, -0.2) is 18.7 Å². The molecule has 3 aromatic carbocycles. The number of amides is 2. The third kappa shape index (κ3) is 5.07. The van der Waals surface area contributed by atoms with Gasteiger partial charge in [-0.3, -0.25) is 9.59 Å². The molecule has 8 heteroatoms. The maximum absolute atomic E-state index is 13.6. The Morgan fingerprint density at radius 3 is 2.06 bits per heavy atom. The van der Waals surface area contributed by atoms with Crippen LogP contribution in [0.1, 0.15) is 29.6 Å². The van der Waals surface area contributed by atoms with Crippen LogP contribution in [0.25, 0.3) is 33.5 Å². The minimum Gasteiger partial charge on any atom is -0.352 e. The fourth-order valence-electron chi connectivity index (χ4n) is 4.33. The highest BCUT2D eigenvalue weighted by Gasteiger charge is 2.19. The molecule has 4 aromatic rings. The summed E-state index contributed by atoms with van der Waals surface area (Å²) >= 11 is 0. The fourth-order valence-corrected chi connectivity index (χ4v) is 4.33. The first-order valence-corrected chi connectivity index (χ1v) is 11.9. The van der Waals surface area contributed by atoms with E-state index < -0.39 is 0 Å². The van der Waals surface area contributed by atoms with Gasteiger partial charge >= 0.3 is 0 Å². The number of likely N-dealkylation sites (tertiary alicyclic amines) is 1. The molecule has 0 radical (unpaired) electrons. The summed E-state index contributed by atoms with van der Waals surface area (Å²) in [7, 11) is 0. The first-order chi connectivity index (χ1) is 17.5. The van der Waals surface area contributed by atoms with Crippen LogP contribution in [0.3, 0.4) is 0 Å². The number of benzene rings is 3. The number of nitrogens with one attached hydrogen (secondary N) is 1. The quantitative estimate of drug-likeness (QED) is 0.374. The molecular weight excluding hydrogens is 462 g/mol. The molecule has 1 aromatic heterocycles. The van der Waals surface area contributed by atoms with Crippen LogP contribution in [0, 0.1) is 11.6 Å². The zero-order valence-corrected chi connectivity index (χ0v) is 19.5. The van der Waals surface area contributed by atoms with E-state index >= 15 is 0 Å². The lowest BCUT2D eigenvalue weighted by molar-refractivity contribution is -0.127. The molecule has 0 unspecified atom stereocenters. The van der Waals surface area contributed by atoms with Crippen LogP contribution in [-0.4, -0.2) is 46.3 Å². The average Bonchev–Trinajstić information content (AvgIpc) is 3.30. The Morgan fingerprint density at radius 1 is 0.861 bits per heavy atom. The van der Waals surface area contributed by atoms with Gasteiger partial charge in [0.25, 0.3) is 5.91 Å². The Balaban J connectivity index is 1.41. The van der Waals surface area contributed by atoms with Gasteiger partial charge in [-0.05, 0) is 79.6 Å². The lowest BCUT2D eigenvalue weighted by atomic mass is 10.0. The van der Waals surface area contributed by atoms with Gasteiger partial charge < -0.3 is 10.2 Å². The van der Waals surface area contributed by atoms with Crippen LogP contribution in [0.4, 0.5) is 8.78 Å². The van der Waals surface area contributed by atoms with E-state index in [9.17, 15) is 18.4 Å². The zero-order chi connectivity index (χ0) is 25.1. The Bertz CT molecular complexity index is 1420. The third-order valence-corrected chi connectivity index (χ3v) is 6.22. The molecule has 182 valence electrons. The maximum Gasteiger partial charge on any atom is 0.251 e. The van der Waals surface area contributed by atoms with Gasteiger partial charge in [0, 0.05) is 42.7 Å². The number of hydrogen-bond donors (Lipinski definition) is 1. The number of nitrogens with zero attached hydrogens (tertiary/aromatic N) is 3. The van der Waals surface area contributed by atoms with Gasteiger partial charge in [0.15, 0.2) is 0 Å². The van der Waals surface area contributed by atoms with E-state index in [2.05, 4.69) is 5.32 Å². The van der Waals surface area contributed by atoms with Gasteiger partial charge in [0.05, 0.1) is 22.4 Å². The number of aromatic nitrogens is 2. The van der Waals surface area contributed by atoms with Crippen molar-refractivity contribution >= 4 is 22.8 Å². The van der Waals surface area contributed by atoms with E-state index in [0.717, 1.165) is 13.0 Å². The lowest BCUT2D eigenvalue weighted by Crippen LogP contribution is -2.30. The molecule has 0 bridgehead atoms. The van der Waals surface area contributed by atoms with E-state index in [-0.39, 0.29) is 23.4 Å². The van der Waals surface area contributed by atoms with Gasteiger partial charge in [-0.1, -0.05) is 0 Å². The van der Waals surface area contributed by atoms with Crippen LogP contribution < -0.4 is 5.32 Å². The lowest BCUT2D eigenvalue weighted by Gasteiger charge is -2.15. The Hall–Kier alpha value is -4.20. The van der Waals surface area contributed by atoms with Crippen LogP contribution >= 0.6 is 0 Å². The van der Waals surface area contributed by atoms with E-state index in [1.807, 2.05) is 4.90 Å². The van der Waals surface area contributed by atoms with Crippen LogP contribution in [0.2, 0.25) is 0 Å². The van der Waals surface area contributed by atoms with Crippen molar-refractivity contribution in [2.75, 3.05) is 19.6 Å². The molecule has 2 heterocycles. The van der Waals surface area contributed by atoms with Crippen molar-refractivity contribution in [2.45, 2.75) is 19.3 Å². The van der Waals surface area contributed by atoms with Crippen molar-refractivity contribution < 1.29 is 18.4 Å². The summed E-state index contributed by atoms with van der Waals surface area (Å²) in [5.74, 6) is -0.800. The zero-order valence-electron chi connectivity index (χ0n) is 19.5. The molecule has 0 aliphatic carbocycles. The monoisotopic (exact) mass is 486 g/mol. The highest BCUT2D eigenvalue weighted by atomic mass is 19.1. The summed E-state index contributed by atoms with van der Waals surface area (Å²) in [6, 6.07) is 16.9. The molecule has 1 saturated heterocycles. The van der Waals surface area contributed by atoms with Crippen molar-refractivity contribution in [2.24, 2.45) is 0 Å². The molecular formula is C28H24F2N4O2. The molecule has 5 rings (SSSR count). The van der Waals surface area contributed by atoms with Crippen LogP contribution in [-0.2, 0) is 4.79 Å². The first-order valence-electron chi connectivity index (χ1n) is 11.9. The topological polar surface area (TPSA) is 75.2 Å². The molecule has 0 spiro atoms. The van der Waals surface area contributed by atoms with Gasteiger partial charge in [0.1, 0.15) is 11.6 Å². The molecule has 6 nitrogen and oxygen atoms in total. The number of rotatable bonds is 7. The molecule has 0 atom stereocenters. The Labute approximate surface area is 207 Å². The molecule has 1 aliphatic rings. The van der Waals surface area contributed by atoms with Crippen molar-refractivity contribution in [3.8, 4) is 22.5 Å². The summed E-state index contributed by atoms with van der Waals surface area (Å²) in [6.07, 6.45) is 2.18. The number of carbonyl (C=O) groups is 2. The highest BCUT2D eigenvalue weighted by Crippen LogP contribution is 2.31. The summed E-state index contributed by atoms with van der Waals surface area (Å²) in [4.78, 5) is 35.8. The number of carbonyl (C=O) groups excluding carboxylic acids is 2. The SMILES string of the molecule is O=C(NCCCN1CCCC1=O)c1ccc2nc(-c3ccc(F)cc3)c(-c3ccc(F)cc3)nc2c1. The van der Waals surface area contributed by atoms with Gasteiger partial charge in [-0.15, -0.1) is 0 Å². The molecule has 1 fully saturated rings. The van der Waals surface area contributed by atoms with E-state index in [1.54, 1.807) is 42.5 Å². The third-order valence-electron chi connectivity index (χ3n) is 6.22. The maximum atomic E-state index is 13.6. The largest absolute Gasteiger partial charge is 0.352 e. The van der Waals surface area contributed by atoms with Crippen molar-refractivity contribution in [1.29, 1.82) is 0 Å². The average molecular weight is 487 g/mol. The van der Waals surface area contributed by atoms with Gasteiger partial charge in [0.2, 0.25) is 5.91 Å². The summed E-state index contributed by atoms with van der Waals surface area (Å²) < 4.78 is 27.1. The normalized spacial score (nSPS) is 13.4. The van der Waals surface area contributed by atoms with E-state index in [4.69, 9.17) is 9.97 Å². The first kappa shape index (κ1) is 23.5. The van der Waals surface area contributed by atoms with Crippen LogP contribution in [0.15, 0.2) is 66.7 Å². The minimum atomic E-state index is -0.371. The second-order valence-corrected chi connectivity index (χ2v) is 8.73. The smallest absolute Gasteiger partial charge is 0.251 e. The summed E-state index contributed by atoms with van der Waals surface area (Å²) in [6.45, 7) is 1.87. The predicted octanol–water partition coefficient (Wildman–Crippen LogP) is 4.98. The molecule has 2 amide bonds. The predicted molar refractivity (Wildman–Crippen MR) is 133 cm³/mol. The van der Waals surface area contributed by atoms with E-state index in [0.29, 0.717) is 65.0 Å². The Kier molecular flexibility index (Phi) is 6.66. The number of fused-ring (bicyclic) bond motifs is 1. The highest BCUT2D eigenvalue weighted by molar-refractivity contribution is 5.98. The molecule has 1 N–H and O–H groups in total. The van der Waals surface area contributed by atoms with Crippen LogP contribution in [0.5, 0.6) is 0 Å². The van der Waals surface area contributed by atoms with Gasteiger partial charge in [-0.2, -0.15) is 0 Å². The summed E-state index contributed by atoms with van der Waals surface area (Å²) in [5.41, 5.74) is 3.87. The van der Waals surface area contributed by atoms with Crippen molar-refractivity contribution in [3.63, 3.8) is 0 Å². The number of hydrogen-bond acceptors (Lipinski definition) is 4. The van der Waals surface area contributed by atoms with Crippen molar-refractivity contribution in [1.82, 2.24) is 20.2 Å².